The Hall–Kier alpha value is -3.67. The number of carbonyl (C=O) groups is 1. The van der Waals surface area contributed by atoms with Crippen LogP contribution in [0.25, 0.3) is 28.0 Å². The smallest absolute Gasteiger partial charge is 0.235 e. The Morgan fingerprint density at radius 3 is 2.63 bits per heavy atom. The van der Waals surface area contributed by atoms with E-state index in [2.05, 4.69) is 4.98 Å². The van der Waals surface area contributed by atoms with E-state index in [-0.39, 0.29) is 23.4 Å². The van der Waals surface area contributed by atoms with Gasteiger partial charge in [0.25, 0.3) is 0 Å². The molecule has 27 heavy (non-hydrogen) atoms. The summed E-state index contributed by atoms with van der Waals surface area (Å²) in [7, 11) is 0. The van der Waals surface area contributed by atoms with Crippen LogP contribution in [0.5, 0.6) is 5.75 Å². The van der Waals surface area contributed by atoms with Crippen molar-refractivity contribution in [2.24, 2.45) is 0 Å². The third-order valence-electron chi connectivity index (χ3n) is 4.32. The normalized spacial score (nSPS) is 11.0. The number of aromatic hydroxyl groups is 1. The van der Waals surface area contributed by atoms with Gasteiger partial charge < -0.3 is 14.1 Å². The molecule has 0 unspecified atom stereocenters. The lowest BCUT2D eigenvalue weighted by Gasteiger charge is -2.08. The van der Waals surface area contributed by atoms with Crippen LogP contribution in [-0.4, -0.2) is 20.4 Å². The SMILES string of the molecule is CC(=O)Cc1ccc2oc(-c3ccc(-n4ccnc4)cc3)c(O)c(=O)c2c1. The summed E-state index contributed by atoms with van der Waals surface area (Å²) in [5.74, 6) is -0.334. The fourth-order valence-electron chi connectivity index (χ4n) is 3.02. The van der Waals surface area contributed by atoms with Crippen LogP contribution in [0.15, 0.2) is 70.4 Å². The average molecular weight is 360 g/mol. The summed E-state index contributed by atoms with van der Waals surface area (Å²) in [5.41, 5.74) is 2.03. The van der Waals surface area contributed by atoms with Crippen molar-refractivity contribution >= 4 is 16.8 Å². The molecule has 0 atom stereocenters. The van der Waals surface area contributed by atoms with E-state index >= 15 is 0 Å². The molecule has 0 saturated heterocycles. The van der Waals surface area contributed by atoms with Crippen molar-refractivity contribution in [3.63, 3.8) is 0 Å². The van der Waals surface area contributed by atoms with Gasteiger partial charge in [0, 0.05) is 30.1 Å². The highest BCUT2D eigenvalue weighted by molar-refractivity contribution is 5.84. The number of hydrogen-bond donors (Lipinski definition) is 1. The van der Waals surface area contributed by atoms with E-state index in [4.69, 9.17) is 4.42 Å². The van der Waals surface area contributed by atoms with Crippen LogP contribution in [0.2, 0.25) is 0 Å². The zero-order chi connectivity index (χ0) is 19.0. The van der Waals surface area contributed by atoms with Gasteiger partial charge in [-0.1, -0.05) is 6.07 Å². The molecule has 0 aliphatic carbocycles. The van der Waals surface area contributed by atoms with Crippen molar-refractivity contribution in [1.82, 2.24) is 9.55 Å². The van der Waals surface area contributed by atoms with Gasteiger partial charge in [-0.2, -0.15) is 0 Å². The number of ketones is 1. The van der Waals surface area contributed by atoms with E-state index in [0.717, 1.165) is 5.69 Å². The number of fused-ring (bicyclic) bond motifs is 1. The molecule has 0 radical (unpaired) electrons. The van der Waals surface area contributed by atoms with Crippen molar-refractivity contribution in [1.29, 1.82) is 0 Å². The molecule has 2 heterocycles. The molecular weight excluding hydrogens is 344 g/mol. The monoisotopic (exact) mass is 360 g/mol. The van der Waals surface area contributed by atoms with E-state index < -0.39 is 11.2 Å². The second kappa shape index (κ2) is 6.57. The van der Waals surface area contributed by atoms with Gasteiger partial charge in [-0.15, -0.1) is 0 Å². The predicted molar refractivity (Wildman–Crippen MR) is 101 cm³/mol. The average Bonchev–Trinajstić information content (AvgIpc) is 3.19. The fraction of sp³-hybridized carbons (Fsp3) is 0.0952. The van der Waals surface area contributed by atoms with Gasteiger partial charge in [0.2, 0.25) is 11.2 Å². The maximum absolute atomic E-state index is 12.6. The molecule has 0 bridgehead atoms. The summed E-state index contributed by atoms with van der Waals surface area (Å²) in [4.78, 5) is 27.9. The highest BCUT2D eigenvalue weighted by Crippen LogP contribution is 2.30. The van der Waals surface area contributed by atoms with Gasteiger partial charge in [-0.3, -0.25) is 9.59 Å². The first-order valence-electron chi connectivity index (χ1n) is 8.40. The summed E-state index contributed by atoms with van der Waals surface area (Å²) in [6.45, 7) is 1.49. The Labute approximate surface area is 154 Å². The van der Waals surface area contributed by atoms with Crippen LogP contribution in [0.3, 0.4) is 0 Å². The van der Waals surface area contributed by atoms with E-state index in [0.29, 0.717) is 16.7 Å². The first kappa shape index (κ1) is 16.8. The Bertz CT molecular complexity index is 1190. The zero-order valence-corrected chi connectivity index (χ0v) is 14.5. The van der Waals surface area contributed by atoms with Gasteiger partial charge in [-0.25, -0.2) is 4.98 Å². The summed E-state index contributed by atoms with van der Waals surface area (Å²) in [6.07, 6.45) is 5.42. The third kappa shape index (κ3) is 3.13. The predicted octanol–water partition coefficient (Wildman–Crippen LogP) is 3.48. The molecule has 4 rings (SSSR count). The van der Waals surface area contributed by atoms with Crippen LogP contribution >= 0.6 is 0 Å². The summed E-state index contributed by atoms with van der Waals surface area (Å²) >= 11 is 0. The molecule has 1 N–H and O–H groups in total. The van der Waals surface area contributed by atoms with Crippen molar-refractivity contribution in [2.75, 3.05) is 0 Å². The standard InChI is InChI=1S/C21H16N2O4/c1-13(24)10-14-2-7-18-17(11-14)19(25)20(26)21(27-18)15-3-5-16(6-4-15)23-9-8-22-12-23/h2-9,11-12,26H,10H2,1H3. The molecular formula is C21H16N2O4. The van der Waals surface area contributed by atoms with E-state index in [1.54, 1.807) is 42.9 Å². The van der Waals surface area contributed by atoms with Crippen LogP contribution in [0.1, 0.15) is 12.5 Å². The van der Waals surface area contributed by atoms with Crippen molar-refractivity contribution in [2.45, 2.75) is 13.3 Å². The van der Waals surface area contributed by atoms with E-state index in [1.165, 1.54) is 6.92 Å². The topological polar surface area (TPSA) is 85.3 Å². The Kier molecular flexibility index (Phi) is 4.08. The van der Waals surface area contributed by atoms with E-state index in [9.17, 15) is 14.7 Å². The number of Topliss-reactive ketones (excluding diaryl/α,β-unsaturated/α-hetero) is 1. The van der Waals surface area contributed by atoms with E-state index in [1.807, 2.05) is 22.9 Å². The number of benzene rings is 2. The first-order valence-corrected chi connectivity index (χ1v) is 8.40. The molecule has 2 aromatic heterocycles. The number of carbonyl (C=O) groups excluding carboxylic acids is 1. The summed E-state index contributed by atoms with van der Waals surface area (Å²) in [6, 6.07) is 12.2. The number of aromatic nitrogens is 2. The maximum atomic E-state index is 12.6. The second-order valence-corrected chi connectivity index (χ2v) is 6.34. The largest absolute Gasteiger partial charge is 0.502 e. The minimum Gasteiger partial charge on any atom is -0.502 e. The Morgan fingerprint density at radius 1 is 1.19 bits per heavy atom. The highest BCUT2D eigenvalue weighted by atomic mass is 16.4. The van der Waals surface area contributed by atoms with Gasteiger partial charge in [0.05, 0.1) is 11.7 Å². The van der Waals surface area contributed by atoms with Gasteiger partial charge >= 0.3 is 0 Å². The highest BCUT2D eigenvalue weighted by Gasteiger charge is 2.16. The maximum Gasteiger partial charge on any atom is 0.235 e. The van der Waals surface area contributed by atoms with Crippen molar-refractivity contribution in [3.05, 3.63) is 77.0 Å². The summed E-state index contributed by atoms with van der Waals surface area (Å²) in [5, 5.41) is 10.6. The quantitative estimate of drug-likeness (QED) is 0.602. The van der Waals surface area contributed by atoms with Gasteiger partial charge in [0.1, 0.15) is 11.4 Å². The second-order valence-electron chi connectivity index (χ2n) is 6.34. The minimum absolute atomic E-state index is 0.00226. The Balaban J connectivity index is 1.79. The van der Waals surface area contributed by atoms with Crippen LogP contribution in [0, 0.1) is 0 Å². The van der Waals surface area contributed by atoms with Crippen LogP contribution in [-0.2, 0) is 11.2 Å². The van der Waals surface area contributed by atoms with Crippen LogP contribution in [0.4, 0.5) is 0 Å². The molecule has 0 saturated carbocycles. The first-order chi connectivity index (χ1) is 13.0. The summed E-state index contributed by atoms with van der Waals surface area (Å²) < 4.78 is 7.64. The molecule has 134 valence electrons. The molecule has 0 aliphatic rings. The molecule has 0 amide bonds. The lowest BCUT2D eigenvalue weighted by molar-refractivity contribution is -0.116. The lowest BCUT2D eigenvalue weighted by Crippen LogP contribution is -2.04. The molecule has 0 spiro atoms. The molecule has 0 fully saturated rings. The van der Waals surface area contributed by atoms with Gasteiger partial charge in [-0.05, 0) is 48.9 Å². The lowest BCUT2D eigenvalue weighted by atomic mass is 10.1. The number of rotatable bonds is 4. The number of hydrogen-bond acceptors (Lipinski definition) is 5. The Morgan fingerprint density at radius 2 is 1.96 bits per heavy atom. The van der Waals surface area contributed by atoms with Crippen molar-refractivity contribution < 1.29 is 14.3 Å². The molecule has 2 aromatic carbocycles. The van der Waals surface area contributed by atoms with Gasteiger partial charge in [0.15, 0.2) is 5.76 Å². The molecule has 4 aromatic rings. The number of nitrogens with zero attached hydrogens (tertiary/aromatic N) is 2. The number of imidazole rings is 1. The van der Waals surface area contributed by atoms with Crippen molar-refractivity contribution in [3.8, 4) is 22.8 Å². The van der Waals surface area contributed by atoms with Crippen LogP contribution < -0.4 is 5.43 Å². The minimum atomic E-state index is -0.518. The zero-order valence-electron chi connectivity index (χ0n) is 14.5. The molecule has 6 heteroatoms. The molecule has 0 aliphatic heterocycles. The third-order valence-corrected chi connectivity index (χ3v) is 4.32. The molecule has 6 nitrogen and oxygen atoms in total. The fourth-order valence-corrected chi connectivity index (χ4v) is 3.02.